The van der Waals surface area contributed by atoms with Crippen LogP contribution in [-0.2, 0) is 0 Å². The molecule has 6 heteroatoms. The van der Waals surface area contributed by atoms with Crippen molar-refractivity contribution in [3.63, 3.8) is 0 Å². The Labute approximate surface area is 151 Å². The smallest absolute Gasteiger partial charge is 0.120 e. The molecule has 0 fully saturated rings. The second kappa shape index (κ2) is 6.46. The number of rotatable bonds is 3. The molecular weight excluding hydrogens is 345 g/mol. The van der Waals surface area contributed by atoms with Crippen LogP contribution < -0.4 is 4.74 Å². The highest BCUT2D eigenvalue weighted by molar-refractivity contribution is 6.34. The van der Waals surface area contributed by atoms with Crippen LogP contribution in [0.1, 0.15) is 20.8 Å². The van der Waals surface area contributed by atoms with Gasteiger partial charge in [-0.2, -0.15) is 0 Å². The Bertz CT molecular complexity index is 851. The molecule has 0 N–H and O–H groups in total. The Morgan fingerprint density at radius 2 is 1.71 bits per heavy atom. The Morgan fingerprint density at radius 1 is 1.00 bits per heavy atom. The molecule has 2 aromatic carbocycles. The molecule has 24 heavy (non-hydrogen) atoms. The molecule has 0 saturated carbocycles. The van der Waals surface area contributed by atoms with Gasteiger partial charge in [0.15, 0.2) is 0 Å². The molecular formula is C18H17Cl2N3O. The predicted octanol–water partition coefficient (Wildman–Crippen LogP) is 5.42. The van der Waals surface area contributed by atoms with Gasteiger partial charge in [-0.3, -0.25) is 0 Å². The highest BCUT2D eigenvalue weighted by Gasteiger charge is 2.12. The third-order valence-electron chi connectivity index (χ3n) is 3.22. The molecule has 0 amide bonds. The molecule has 0 aliphatic heterocycles. The molecule has 0 bridgehead atoms. The summed E-state index contributed by atoms with van der Waals surface area (Å²) in [5, 5.41) is 9.50. The van der Waals surface area contributed by atoms with Crippen molar-refractivity contribution in [2.45, 2.75) is 26.4 Å². The van der Waals surface area contributed by atoms with Gasteiger partial charge in [0.05, 0.1) is 16.9 Å². The van der Waals surface area contributed by atoms with Gasteiger partial charge >= 0.3 is 0 Å². The van der Waals surface area contributed by atoms with Crippen molar-refractivity contribution in [2.75, 3.05) is 0 Å². The van der Waals surface area contributed by atoms with Gasteiger partial charge in [-0.25, -0.2) is 4.68 Å². The zero-order chi connectivity index (χ0) is 17.3. The highest BCUT2D eigenvalue weighted by atomic mass is 35.5. The van der Waals surface area contributed by atoms with Crippen LogP contribution in [0.3, 0.4) is 0 Å². The third-order valence-corrected chi connectivity index (χ3v) is 3.78. The standard InChI is InChI=1S/C18H17Cl2N3O/c1-18(2,3)24-14-7-4-12(5-8-14)16-11-23(22-21-16)17-10-13(19)6-9-15(17)20/h4-11H,1-3H3. The lowest BCUT2D eigenvalue weighted by molar-refractivity contribution is 0.131. The average molecular weight is 362 g/mol. The van der Waals surface area contributed by atoms with Crippen LogP contribution in [0, 0.1) is 0 Å². The van der Waals surface area contributed by atoms with Crippen molar-refractivity contribution < 1.29 is 4.74 Å². The van der Waals surface area contributed by atoms with Gasteiger partial charge in [0, 0.05) is 10.6 Å². The first-order valence-electron chi connectivity index (χ1n) is 7.49. The lowest BCUT2D eigenvalue weighted by atomic mass is 10.1. The number of hydrogen-bond acceptors (Lipinski definition) is 3. The van der Waals surface area contributed by atoms with Crippen LogP contribution in [0.15, 0.2) is 48.7 Å². The number of nitrogens with zero attached hydrogens (tertiary/aromatic N) is 3. The van der Waals surface area contributed by atoms with Gasteiger partial charge in [0.25, 0.3) is 0 Å². The fourth-order valence-electron chi connectivity index (χ4n) is 2.22. The summed E-state index contributed by atoms with van der Waals surface area (Å²) in [6, 6.07) is 13.0. The first kappa shape index (κ1) is 16.8. The second-order valence-electron chi connectivity index (χ2n) is 6.38. The molecule has 3 aromatic rings. The summed E-state index contributed by atoms with van der Waals surface area (Å²) in [5.41, 5.74) is 2.15. The summed E-state index contributed by atoms with van der Waals surface area (Å²) >= 11 is 12.2. The summed E-state index contributed by atoms with van der Waals surface area (Å²) in [6.45, 7) is 6.05. The van der Waals surface area contributed by atoms with Crippen LogP contribution in [0.25, 0.3) is 16.9 Å². The van der Waals surface area contributed by atoms with Gasteiger partial charge in [-0.05, 0) is 63.2 Å². The SMILES string of the molecule is CC(C)(C)Oc1ccc(-c2cn(-c3cc(Cl)ccc3Cl)nn2)cc1. The molecule has 0 aliphatic carbocycles. The molecule has 124 valence electrons. The largest absolute Gasteiger partial charge is 0.488 e. The van der Waals surface area contributed by atoms with Crippen molar-refractivity contribution in [2.24, 2.45) is 0 Å². The molecule has 0 unspecified atom stereocenters. The van der Waals surface area contributed by atoms with Gasteiger partial charge in [-0.1, -0.05) is 28.4 Å². The summed E-state index contributed by atoms with van der Waals surface area (Å²) in [6.07, 6.45) is 1.82. The fourth-order valence-corrected chi connectivity index (χ4v) is 2.59. The first-order valence-corrected chi connectivity index (χ1v) is 8.25. The van der Waals surface area contributed by atoms with Gasteiger partial charge < -0.3 is 4.74 Å². The van der Waals surface area contributed by atoms with Crippen LogP contribution >= 0.6 is 23.2 Å². The predicted molar refractivity (Wildman–Crippen MR) is 97.2 cm³/mol. The van der Waals surface area contributed by atoms with Crippen molar-refractivity contribution in [1.82, 2.24) is 15.0 Å². The molecule has 1 aromatic heterocycles. The van der Waals surface area contributed by atoms with Crippen LogP contribution in [0.4, 0.5) is 0 Å². The number of hydrogen-bond donors (Lipinski definition) is 0. The molecule has 1 heterocycles. The van der Waals surface area contributed by atoms with Gasteiger partial charge in [0.2, 0.25) is 0 Å². The van der Waals surface area contributed by atoms with Crippen LogP contribution in [0.2, 0.25) is 10.0 Å². The summed E-state index contributed by atoms with van der Waals surface area (Å²) < 4.78 is 7.44. The second-order valence-corrected chi connectivity index (χ2v) is 7.23. The number of ether oxygens (including phenoxy) is 1. The van der Waals surface area contributed by atoms with E-state index in [1.165, 1.54) is 0 Å². The van der Waals surface area contributed by atoms with E-state index in [2.05, 4.69) is 10.3 Å². The minimum Gasteiger partial charge on any atom is -0.488 e. The first-order chi connectivity index (χ1) is 11.3. The van der Waals surface area contributed by atoms with E-state index >= 15 is 0 Å². The quantitative estimate of drug-likeness (QED) is 0.625. The summed E-state index contributed by atoms with van der Waals surface area (Å²) in [7, 11) is 0. The lowest BCUT2D eigenvalue weighted by Gasteiger charge is -2.21. The molecule has 4 nitrogen and oxygen atoms in total. The van der Waals surface area contributed by atoms with Gasteiger partial charge in [-0.15, -0.1) is 5.10 Å². The molecule has 0 aliphatic rings. The Hall–Kier alpha value is -2.04. The minimum atomic E-state index is -0.228. The number of halogens is 2. The Morgan fingerprint density at radius 3 is 2.38 bits per heavy atom. The maximum Gasteiger partial charge on any atom is 0.120 e. The molecule has 0 atom stereocenters. The van der Waals surface area contributed by atoms with Crippen molar-refractivity contribution in [1.29, 1.82) is 0 Å². The molecule has 0 radical (unpaired) electrons. The highest BCUT2D eigenvalue weighted by Crippen LogP contribution is 2.26. The van der Waals surface area contributed by atoms with E-state index in [-0.39, 0.29) is 5.60 Å². The van der Waals surface area contributed by atoms with Crippen molar-refractivity contribution >= 4 is 23.2 Å². The average Bonchev–Trinajstić information content (AvgIpc) is 2.98. The minimum absolute atomic E-state index is 0.228. The van der Waals surface area contributed by atoms with E-state index in [0.717, 1.165) is 17.0 Å². The van der Waals surface area contributed by atoms with Crippen LogP contribution in [-0.4, -0.2) is 20.6 Å². The number of aromatic nitrogens is 3. The zero-order valence-corrected chi connectivity index (χ0v) is 15.1. The van der Waals surface area contributed by atoms with E-state index in [9.17, 15) is 0 Å². The summed E-state index contributed by atoms with van der Waals surface area (Å²) in [5.74, 6) is 0.816. The van der Waals surface area contributed by atoms with E-state index in [4.69, 9.17) is 27.9 Å². The normalized spacial score (nSPS) is 11.5. The van der Waals surface area contributed by atoms with Crippen molar-refractivity contribution in [3.8, 4) is 22.7 Å². The van der Waals surface area contributed by atoms with E-state index in [0.29, 0.717) is 15.7 Å². The molecule has 3 rings (SSSR count). The monoisotopic (exact) mass is 361 g/mol. The molecule has 0 saturated heterocycles. The maximum atomic E-state index is 6.20. The topological polar surface area (TPSA) is 39.9 Å². The van der Waals surface area contributed by atoms with E-state index < -0.39 is 0 Å². The zero-order valence-electron chi connectivity index (χ0n) is 13.6. The maximum absolute atomic E-state index is 6.20. The third kappa shape index (κ3) is 3.89. The van der Waals surface area contributed by atoms with Crippen LogP contribution in [0.5, 0.6) is 5.75 Å². The lowest BCUT2D eigenvalue weighted by Crippen LogP contribution is -2.22. The Balaban J connectivity index is 1.87. The van der Waals surface area contributed by atoms with E-state index in [1.54, 1.807) is 22.9 Å². The Kier molecular flexibility index (Phi) is 4.52. The van der Waals surface area contributed by atoms with E-state index in [1.807, 2.05) is 51.2 Å². The summed E-state index contributed by atoms with van der Waals surface area (Å²) in [4.78, 5) is 0. The molecule has 0 spiro atoms. The fraction of sp³-hybridized carbons (Fsp3) is 0.222. The number of benzene rings is 2. The van der Waals surface area contributed by atoms with Gasteiger partial charge in [0.1, 0.15) is 17.0 Å². The van der Waals surface area contributed by atoms with Crippen molar-refractivity contribution in [3.05, 3.63) is 58.7 Å².